The lowest BCUT2D eigenvalue weighted by molar-refractivity contribution is -0.137. The molecule has 4 rings (SSSR count). The molecule has 2 aromatic rings. The number of halogens is 3. The highest BCUT2D eigenvalue weighted by Gasteiger charge is 2.36. The number of hydrogen-bond donors (Lipinski definition) is 1. The smallest absolute Gasteiger partial charge is 0.384 e. The fourth-order valence-corrected chi connectivity index (χ4v) is 3.78. The van der Waals surface area contributed by atoms with Gasteiger partial charge in [-0.25, -0.2) is 4.98 Å². The van der Waals surface area contributed by atoms with Crippen molar-refractivity contribution >= 4 is 17.7 Å². The summed E-state index contributed by atoms with van der Waals surface area (Å²) < 4.78 is 52.2. The summed E-state index contributed by atoms with van der Waals surface area (Å²) in [5.41, 5.74) is 4.34. The lowest BCUT2D eigenvalue weighted by Gasteiger charge is -2.39. The minimum Gasteiger partial charge on any atom is -0.384 e. The molecule has 2 saturated heterocycles. The van der Waals surface area contributed by atoms with E-state index in [-0.39, 0.29) is 29.3 Å². The van der Waals surface area contributed by atoms with E-state index in [4.69, 9.17) is 15.2 Å². The van der Waals surface area contributed by atoms with Gasteiger partial charge in [0.2, 0.25) is 11.9 Å². The maximum absolute atomic E-state index is 13.7. The van der Waals surface area contributed by atoms with Crippen molar-refractivity contribution in [1.29, 1.82) is 0 Å². The van der Waals surface area contributed by atoms with Crippen molar-refractivity contribution < 1.29 is 22.6 Å². The van der Waals surface area contributed by atoms with Gasteiger partial charge in [0.15, 0.2) is 5.82 Å². The Kier molecular flexibility index (Phi) is 5.84. The van der Waals surface area contributed by atoms with E-state index in [0.29, 0.717) is 51.4 Å². The van der Waals surface area contributed by atoms with Crippen LogP contribution in [0, 0.1) is 0 Å². The standard InChI is InChI=1S/C19H24F3N7O2/c1-11-9-31-10-12(2)29(11)18-26-16(25-17(27-18)28-3-5-30-6-4-28)13-8-24-15(23)7-14(13)19(20,21)22/h7-8,11-12H,3-6,9-10H2,1-2H3,(H2,23,24). The van der Waals surface area contributed by atoms with E-state index in [0.717, 1.165) is 12.3 Å². The van der Waals surface area contributed by atoms with Crippen LogP contribution in [-0.4, -0.2) is 71.5 Å². The summed E-state index contributed by atoms with van der Waals surface area (Å²) in [5, 5.41) is 0. The van der Waals surface area contributed by atoms with Crippen LogP contribution in [0.25, 0.3) is 11.4 Å². The second kappa shape index (κ2) is 8.42. The van der Waals surface area contributed by atoms with Gasteiger partial charge in [0.25, 0.3) is 0 Å². The zero-order valence-electron chi connectivity index (χ0n) is 17.3. The van der Waals surface area contributed by atoms with Crippen LogP contribution in [0.3, 0.4) is 0 Å². The zero-order valence-corrected chi connectivity index (χ0v) is 17.3. The molecule has 0 saturated carbocycles. The first-order chi connectivity index (χ1) is 14.7. The van der Waals surface area contributed by atoms with Crippen molar-refractivity contribution in [2.45, 2.75) is 32.1 Å². The molecule has 0 spiro atoms. The number of nitrogens with zero attached hydrogens (tertiary/aromatic N) is 6. The van der Waals surface area contributed by atoms with Gasteiger partial charge in [-0.2, -0.15) is 28.1 Å². The molecular weight excluding hydrogens is 415 g/mol. The lowest BCUT2D eigenvalue weighted by Crippen LogP contribution is -2.50. The fourth-order valence-electron chi connectivity index (χ4n) is 3.78. The Labute approximate surface area is 177 Å². The van der Waals surface area contributed by atoms with Crippen LogP contribution in [0.1, 0.15) is 19.4 Å². The molecule has 0 radical (unpaired) electrons. The molecule has 0 aliphatic carbocycles. The first kappa shape index (κ1) is 21.5. The number of rotatable bonds is 3. The number of pyridine rings is 1. The van der Waals surface area contributed by atoms with Gasteiger partial charge in [-0.05, 0) is 19.9 Å². The maximum Gasteiger partial charge on any atom is 0.417 e. The predicted octanol–water partition coefficient (Wildman–Crippen LogP) is 1.98. The van der Waals surface area contributed by atoms with Crippen LogP contribution in [-0.2, 0) is 15.7 Å². The highest BCUT2D eigenvalue weighted by Crippen LogP contribution is 2.37. The van der Waals surface area contributed by atoms with Crippen LogP contribution >= 0.6 is 0 Å². The third kappa shape index (κ3) is 4.49. The molecule has 2 fully saturated rings. The topological polar surface area (TPSA) is 103 Å². The molecule has 2 unspecified atom stereocenters. The lowest BCUT2D eigenvalue weighted by atomic mass is 10.1. The second-order valence-corrected chi connectivity index (χ2v) is 7.65. The molecule has 2 N–H and O–H groups in total. The van der Waals surface area contributed by atoms with E-state index in [1.54, 1.807) is 0 Å². The Morgan fingerprint density at radius 1 is 1.00 bits per heavy atom. The molecule has 168 valence electrons. The molecule has 2 aromatic heterocycles. The number of hydrogen-bond acceptors (Lipinski definition) is 9. The number of morpholine rings is 2. The number of nitrogens with two attached hydrogens (primary N) is 1. The summed E-state index contributed by atoms with van der Waals surface area (Å²) in [6, 6.07) is 0.694. The van der Waals surface area contributed by atoms with Gasteiger partial charge < -0.3 is 25.0 Å². The number of aromatic nitrogens is 4. The zero-order chi connectivity index (χ0) is 22.2. The molecule has 2 aliphatic rings. The van der Waals surface area contributed by atoms with Gasteiger partial charge in [0.05, 0.1) is 49.6 Å². The molecular formula is C19H24F3N7O2. The van der Waals surface area contributed by atoms with Gasteiger partial charge in [0.1, 0.15) is 5.82 Å². The van der Waals surface area contributed by atoms with E-state index >= 15 is 0 Å². The van der Waals surface area contributed by atoms with Crippen LogP contribution in [0.4, 0.5) is 30.9 Å². The molecule has 2 aliphatic heterocycles. The second-order valence-electron chi connectivity index (χ2n) is 7.65. The molecule has 2 atom stereocenters. The van der Waals surface area contributed by atoms with Crippen molar-refractivity contribution in [3.8, 4) is 11.4 Å². The first-order valence-electron chi connectivity index (χ1n) is 10.0. The third-order valence-corrected chi connectivity index (χ3v) is 5.28. The largest absolute Gasteiger partial charge is 0.417 e. The summed E-state index contributed by atoms with van der Waals surface area (Å²) in [6.45, 7) is 6.88. The third-order valence-electron chi connectivity index (χ3n) is 5.28. The number of alkyl halides is 3. The Morgan fingerprint density at radius 3 is 2.29 bits per heavy atom. The SMILES string of the molecule is CC1COCC(C)N1c1nc(-c2cnc(N)cc2C(F)(F)F)nc(N2CCOCC2)n1. The van der Waals surface area contributed by atoms with Gasteiger partial charge in [-0.1, -0.05) is 0 Å². The van der Waals surface area contributed by atoms with Crippen molar-refractivity contribution in [3.63, 3.8) is 0 Å². The summed E-state index contributed by atoms with van der Waals surface area (Å²) in [7, 11) is 0. The molecule has 4 heterocycles. The summed E-state index contributed by atoms with van der Waals surface area (Å²) >= 11 is 0. The first-order valence-corrected chi connectivity index (χ1v) is 10.0. The number of anilines is 3. The van der Waals surface area contributed by atoms with E-state index < -0.39 is 11.7 Å². The molecule has 12 heteroatoms. The monoisotopic (exact) mass is 439 g/mol. The normalized spacial score (nSPS) is 22.6. The van der Waals surface area contributed by atoms with E-state index in [1.807, 2.05) is 23.6 Å². The molecule has 0 amide bonds. The van der Waals surface area contributed by atoms with Crippen molar-refractivity contribution in [2.24, 2.45) is 0 Å². The van der Waals surface area contributed by atoms with Crippen LogP contribution in [0.2, 0.25) is 0 Å². The minimum atomic E-state index is -4.64. The van der Waals surface area contributed by atoms with Crippen molar-refractivity contribution in [2.75, 3.05) is 55.1 Å². The Balaban J connectivity index is 1.86. The molecule has 9 nitrogen and oxygen atoms in total. The van der Waals surface area contributed by atoms with E-state index in [9.17, 15) is 13.2 Å². The molecule has 0 bridgehead atoms. The highest BCUT2D eigenvalue weighted by molar-refractivity contribution is 5.64. The summed E-state index contributed by atoms with van der Waals surface area (Å²) in [5.74, 6) is 0.283. The van der Waals surface area contributed by atoms with Gasteiger partial charge >= 0.3 is 6.18 Å². The highest BCUT2D eigenvalue weighted by atomic mass is 19.4. The van der Waals surface area contributed by atoms with Crippen LogP contribution < -0.4 is 15.5 Å². The number of ether oxygens (including phenoxy) is 2. The minimum absolute atomic E-state index is 0.0526. The van der Waals surface area contributed by atoms with Crippen molar-refractivity contribution in [1.82, 2.24) is 19.9 Å². The summed E-state index contributed by atoms with van der Waals surface area (Å²) in [6.07, 6.45) is -3.58. The van der Waals surface area contributed by atoms with Crippen molar-refractivity contribution in [3.05, 3.63) is 17.8 Å². The Hall–Kier alpha value is -2.73. The van der Waals surface area contributed by atoms with E-state index in [2.05, 4.69) is 19.9 Å². The van der Waals surface area contributed by atoms with Crippen LogP contribution in [0.15, 0.2) is 12.3 Å². The molecule has 31 heavy (non-hydrogen) atoms. The van der Waals surface area contributed by atoms with Gasteiger partial charge in [0, 0.05) is 19.3 Å². The Morgan fingerprint density at radius 2 is 1.65 bits per heavy atom. The average molecular weight is 439 g/mol. The fraction of sp³-hybridized carbons (Fsp3) is 0.579. The quantitative estimate of drug-likeness (QED) is 0.769. The maximum atomic E-state index is 13.7. The van der Waals surface area contributed by atoms with Gasteiger partial charge in [-0.3, -0.25) is 0 Å². The van der Waals surface area contributed by atoms with Gasteiger partial charge in [-0.15, -0.1) is 0 Å². The Bertz CT molecular complexity index is 927. The average Bonchev–Trinajstić information content (AvgIpc) is 2.73. The van der Waals surface area contributed by atoms with Crippen LogP contribution in [0.5, 0.6) is 0 Å². The number of nitrogen functional groups attached to an aromatic ring is 1. The predicted molar refractivity (Wildman–Crippen MR) is 108 cm³/mol. The van der Waals surface area contributed by atoms with E-state index in [1.165, 1.54) is 0 Å². The summed E-state index contributed by atoms with van der Waals surface area (Å²) in [4.78, 5) is 21.1. The molecule has 0 aromatic carbocycles.